The van der Waals surface area contributed by atoms with Crippen LogP contribution in [-0.2, 0) is 0 Å². The van der Waals surface area contributed by atoms with Gasteiger partial charge in [0, 0.05) is 11.8 Å². The minimum Gasteiger partial charge on any atom is -0.507 e. The number of phenols is 1. The number of benzene rings is 1. The molecule has 1 aromatic carbocycles. The largest absolute Gasteiger partial charge is 0.507 e. The van der Waals surface area contributed by atoms with Gasteiger partial charge in [-0.2, -0.15) is 5.10 Å². The van der Waals surface area contributed by atoms with Crippen molar-refractivity contribution >= 4 is 11.0 Å². The molecule has 6 heteroatoms. The Morgan fingerprint density at radius 2 is 1.84 bits per heavy atom. The topological polar surface area (TPSA) is 94.7 Å². The average Bonchev–Trinajstić information content (AvgIpc) is 3.03. The number of rotatable bonds is 2. The van der Waals surface area contributed by atoms with Crippen LogP contribution in [-0.4, -0.2) is 25.3 Å². The van der Waals surface area contributed by atoms with Crippen LogP contribution in [0, 0.1) is 13.8 Å². The quantitative estimate of drug-likeness (QED) is 0.525. The molecule has 0 fully saturated rings. The highest BCUT2D eigenvalue weighted by Crippen LogP contribution is 2.29. The van der Waals surface area contributed by atoms with Crippen LogP contribution in [0.15, 0.2) is 47.4 Å². The first-order valence-electron chi connectivity index (χ1n) is 7.87. The van der Waals surface area contributed by atoms with Crippen molar-refractivity contribution in [2.75, 3.05) is 0 Å². The highest BCUT2D eigenvalue weighted by molar-refractivity contribution is 5.83. The molecule has 124 valence electrons. The molecule has 25 heavy (non-hydrogen) atoms. The molecule has 0 saturated carbocycles. The van der Waals surface area contributed by atoms with E-state index in [1.165, 1.54) is 0 Å². The molecule has 0 amide bonds. The molecule has 4 rings (SSSR count). The molecule has 0 radical (unpaired) electrons. The van der Waals surface area contributed by atoms with Crippen molar-refractivity contribution in [2.45, 2.75) is 13.8 Å². The van der Waals surface area contributed by atoms with E-state index in [1.807, 2.05) is 44.2 Å². The number of aromatic amines is 2. The summed E-state index contributed by atoms with van der Waals surface area (Å²) in [4.78, 5) is 19.8. The number of hydrogen-bond donors (Lipinski definition) is 3. The van der Waals surface area contributed by atoms with Crippen LogP contribution in [0.3, 0.4) is 0 Å². The van der Waals surface area contributed by atoms with E-state index in [-0.39, 0.29) is 11.3 Å². The summed E-state index contributed by atoms with van der Waals surface area (Å²) in [6.45, 7) is 3.67. The summed E-state index contributed by atoms with van der Waals surface area (Å²) in [7, 11) is 0. The Morgan fingerprint density at radius 3 is 2.56 bits per heavy atom. The zero-order valence-corrected chi connectivity index (χ0v) is 13.8. The van der Waals surface area contributed by atoms with Crippen LogP contribution in [0.2, 0.25) is 0 Å². The number of aromatic hydroxyl groups is 1. The monoisotopic (exact) mass is 332 g/mol. The predicted molar refractivity (Wildman–Crippen MR) is 96.5 cm³/mol. The molecule has 0 saturated heterocycles. The second kappa shape index (κ2) is 5.59. The first kappa shape index (κ1) is 15.1. The maximum Gasteiger partial charge on any atom is 0.273 e. The molecule has 0 atom stereocenters. The maximum absolute atomic E-state index is 12.3. The Labute approximate surface area is 143 Å². The first-order chi connectivity index (χ1) is 12.0. The van der Waals surface area contributed by atoms with Gasteiger partial charge in [0.05, 0.1) is 28.0 Å². The van der Waals surface area contributed by atoms with Crippen LogP contribution < -0.4 is 5.56 Å². The van der Waals surface area contributed by atoms with Crippen molar-refractivity contribution in [3.05, 3.63) is 64.1 Å². The van der Waals surface area contributed by atoms with Crippen molar-refractivity contribution in [1.29, 1.82) is 0 Å². The second-order valence-corrected chi connectivity index (χ2v) is 6.07. The lowest BCUT2D eigenvalue weighted by molar-refractivity contribution is 0.467. The van der Waals surface area contributed by atoms with Crippen molar-refractivity contribution in [1.82, 2.24) is 20.2 Å². The first-order valence-corrected chi connectivity index (χ1v) is 7.87. The number of pyridine rings is 1. The normalized spacial score (nSPS) is 11.1. The molecule has 4 aromatic rings. The molecule has 0 aliphatic carbocycles. The number of phenolic OH excluding ortho intramolecular Hbond substituents is 1. The van der Waals surface area contributed by atoms with E-state index in [1.54, 1.807) is 12.3 Å². The predicted octanol–water partition coefficient (Wildman–Crippen LogP) is 3.30. The van der Waals surface area contributed by atoms with E-state index in [2.05, 4.69) is 20.2 Å². The summed E-state index contributed by atoms with van der Waals surface area (Å²) in [5.74, 6) is 0.273. The lowest BCUT2D eigenvalue weighted by atomic mass is 10.0. The molecule has 0 unspecified atom stereocenters. The molecule has 0 bridgehead atoms. The summed E-state index contributed by atoms with van der Waals surface area (Å²) in [5, 5.41) is 16.7. The number of hydrogen-bond acceptors (Lipinski definition) is 4. The van der Waals surface area contributed by atoms with Crippen LogP contribution in [0.5, 0.6) is 5.75 Å². The summed E-state index contributed by atoms with van der Waals surface area (Å²) in [5.41, 5.74) is 5.56. The zero-order valence-electron chi connectivity index (χ0n) is 13.8. The fraction of sp³-hybridized carbons (Fsp3) is 0.105. The molecule has 0 aliphatic heterocycles. The number of fused-ring (bicyclic) bond motifs is 1. The standard InChI is InChI=1S/C19H16N4O2/c1-10-6-12(7-11(2)18(10)24)15-8-13(19(25)23-22-15)16-9-17-14(21-16)4-3-5-20-17/h3-9,21,24H,1-2H3,(H,23,25). The lowest BCUT2D eigenvalue weighted by Crippen LogP contribution is -2.11. The molecule has 6 nitrogen and oxygen atoms in total. The van der Waals surface area contributed by atoms with Gasteiger partial charge in [-0.05, 0) is 61.4 Å². The Morgan fingerprint density at radius 1 is 1.08 bits per heavy atom. The van der Waals surface area contributed by atoms with Crippen LogP contribution in [0.1, 0.15) is 11.1 Å². The van der Waals surface area contributed by atoms with E-state index in [9.17, 15) is 9.90 Å². The molecule has 0 aliphatic rings. The number of nitrogens with one attached hydrogen (secondary N) is 2. The van der Waals surface area contributed by atoms with Crippen LogP contribution in [0.25, 0.3) is 33.5 Å². The fourth-order valence-corrected chi connectivity index (χ4v) is 2.96. The van der Waals surface area contributed by atoms with Crippen LogP contribution >= 0.6 is 0 Å². The number of H-pyrrole nitrogens is 2. The maximum atomic E-state index is 12.3. The number of nitrogens with zero attached hydrogens (tertiary/aromatic N) is 2. The summed E-state index contributed by atoms with van der Waals surface area (Å²) >= 11 is 0. The molecule has 3 heterocycles. The Balaban J connectivity index is 1.88. The van der Waals surface area contributed by atoms with Gasteiger partial charge in [-0.3, -0.25) is 9.78 Å². The van der Waals surface area contributed by atoms with Crippen molar-refractivity contribution in [3.8, 4) is 28.3 Å². The molecule has 3 N–H and O–H groups in total. The molecular weight excluding hydrogens is 316 g/mol. The lowest BCUT2D eigenvalue weighted by Gasteiger charge is -2.08. The van der Waals surface area contributed by atoms with Crippen LogP contribution in [0.4, 0.5) is 0 Å². The number of aryl methyl sites for hydroxylation is 2. The van der Waals surface area contributed by atoms with E-state index in [4.69, 9.17) is 0 Å². The minimum atomic E-state index is -0.275. The summed E-state index contributed by atoms with van der Waals surface area (Å²) < 4.78 is 0. The zero-order chi connectivity index (χ0) is 17.6. The Kier molecular flexibility index (Phi) is 3.39. The van der Waals surface area contributed by atoms with Crippen molar-refractivity contribution in [2.24, 2.45) is 0 Å². The third-order valence-electron chi connectivity index (χ3n) is 4.27. The third kappa shape index (κ3) is 2.57. The van der Waals surface area contributed by atoms with Gasteiger partial charge in [0.25, 0.3) is 5.56 Å². The van der Waals surface area contributed by atoms with Gasteiger partial charge in [-0.1, -0.05) is 0 Å². The SMILES string of the molecule is Cc1cc(-c2cc(-c3cc4ncccc4[nH]3)c(=O)[nH]n2)cc(C)c1O. The third-order valence-corrected chi connectivity index (χ3v) is 4.27. The van der Waals surface area contributed by atoms with Gasteiger partial charge in [-0.25, -0.2) is 5.10 Å². The van der Waals surface area contributed by atoms with Gasteiger partial charge in [0.2, 0.25) is 0 Å². The number of aromatic nitrogens is 4. The molecule has 3 aromatic heterocycles. The highest BCUT2D eigenvalue weighted by Gasteiger charge is 2.12. The van der Waals surface area contributed by atoms with Gasteiger partial charge >= 0.3 is 0 Å². The summed E-state index contributed by atoms with van der Waals surface area (Å²) in [6.07, 6.45) is 1.71. The van der Waals surface area contributed by atoms with E-state index < -0.39 is 0 Å². The van der Waals surface area contributed by atoms with E-state index in [0.717, 1.165) is 27.7 Å². The average molecular weight is 332 g/mol. The van der Waals surface area contributed by atoms with Gasteiger partial charge in [0.15, 0.2) is 0 Å². The highest BCUT2D eigenvalue weighted by atomic mass is 16.3. The van der Waals surface area contributed by atoms with Gasteiger partial charge in [-0.15, -0.1) is 0 Å². The molecule has 0 spiro atoms. The van der Waals surface area contributed by atoms with Crippen molar-refractivity contribution in [3.63, 3.8) is 0 Å². The van der Waals surface area contributed by atoms with Gasteiger partial charge in [0.1, 0.15) is 5.75 Å². The second-order valence-electron chi connectivity index (χ2n) is 6.07. The summed E-state index contributed by atoms with van der Waals surface area (Å²) in [6, 6.07) is 11.0. The van der Waals surface area contributed by atoms with E-state index >= 15 is 0 Å². The fourth-order valence-electron chi connectivity index (χ4n) is 2.96. The Bertz CT molecular complexity index is 1100. The van der Waals surface area contributed by atoms with E-state index in [0.29, 0.717) is 17.0 Å². The van der Waals surface area contributed by atoms with Crippen molar-refractivity contribution < 1.29 is 5.11 Å². The minimum absolute atomic E-state index is 0.273. The molecular formula is C19H16N4O2. The Hall–Kier alpha value is -3.41. The smallest absolute Gasteiger partial charge is 0.273 e. The van der Waals surface area contributed by atoms with Gasteiger partial charge < -0.3 is 10.1 Å².